The Morgan fingerprint density at radius 3 is 2.41 bits per heavy atom. The first-order chi connectivity index (χ1) is 18.0. The largest absolute Gasteiger partial charge is 0.481 e. The van der Waals surface area contributed by atoms with E-state index in [1.165, 1.54) is 21.9 Å². The Labute approximate surface area is 220 Å². The summed E-state index contributed by atoms with van der Waals surface area (Å²) in [5, 5.41) is 15.1. The van der Waals surface area contributed by atoms with Crippen molar-refractivity contribution in [3.63, 3.8) is 0 Å². The zero-order chi connectivity index (χ0) is 26.0. The number of rotatable bonds is 12. The molecule has 1 fully saturated rings. The van der Waals surface area contributed by atoms with E-state index >= 15 is 0 Å². The van der Waals surface area contributed by atoms with Crippen molar-refractivity contribution in [2.24, 2.45) is 5.92 Å². The van der Waals surface area contributed by atoms with Gasteiger partial charge in [-0.2, -0.15) is 0 Å². The molecule has 1 amide bonds. The number of benzene rings is 3. The quantitative estimate of drug-likeness (QED) is 0.277. The van der Waals surface area contributed by atoms with Crippen LogP contribution in [0.2, 0.25) is 0 Å². The highest BCUT2D eigenvalue weighted by atomic mass is 16.4. The predicted octanol–water partition coefficient (Wildman–Crippen LogP) is 6.55. The van der Waals surface area contributed by atoms with Crippen molar-refractivity contribution in [1.29, 1.82) is 0 Å². The van der Waals surface area contributed by atoms with E-state index in [1.807, 2.05) is 0 Å². The van der Waals surface area contributed by atoms with E-state index in [4.69, 9.17) is 5.11 Å². The molecule has 0 saturated carbocycles. The summed E-state index contributed by atoms with van der Waals surface area (Å²) in [4.78, 5) is 25.8. The van der Waals surface area contributed by atoms with E-state index in [-0.39, 0.29) is 18.4 Å². The van der Waals surface area contributed by atoms with Gasteiger partial charge in [0.25, 0.3) is 0 Å². The SMILES string of the molecule is C[C@@H](NCC1CN(C(=O)CCCCCCC(=O)O)CCC1c1ccccc1)c1cccc2ccccc12. The normalized spacial score (nSPS) is 18.6. The van der Waals surface area contributed by atoms with Gasteiger partial charge in [-0.1, -0.05) is 85.6 Å². The smallest absolute Gasteiger partial charge is 0.303 e. The van der Waals surface area contributed by atoms with Gasteiger partial charge in [0.05, 0.1) is 0 Å². The molecule has 3 aromatic rings. The second-order valence-corrected chi connectivity index (χ2v) is 10.4. The molecule has 3 aromatic carbocycles. The average molecular weight is 501 g/mol. The van der Waals surface area contributed by atoms with Crippen LogP contribution < -0.4 is 5.32 Å². The molecule has 1 aliphatic heterocycles. The molecule has 5 nitrogen and oxygen atoms in total. The lowest BCUT2D eigenvalue weighted by Gasteiger charge is -2.39. The second kappa shape index (κ2) is 13.4. The van der Waals surface area contributed by atoms with Crippen LogP contribution >= 0.6 is 0 Å². The number of hydrogen-bond donors (Lipinski definition) is 2. The number of hydrogen-bond acceptors (Lipinski definition) is 3. The van der Waals surface area contributed by atoms with Crippen LogP contribution in [0.4, 0.5) is 0 Å². The Bertz CT molecular complexity index is 1160. The van der Waals surface area contributed by atoms with Crippen molar-refractivity contribution in [2.45, 2.75) is 63.8 Å². The first-order valence-electron chi connectivity index (χ1n) is 13.8. The third-order valence-corrected chi connectivity index (χ3v) is 7.82. The number of carboxylic acid groups (broad SMARTS) is 1. The van der Waals surface area contributed by atoms with Crippen LogP contribution in [0, 0.1) is 5.92 Å². The van der Waals surface area contributed by atoms with Crippen LogP contribution in [0.1, 0.15) is 75.0 Å². The molecular formula is C32H40N2O3. The number of fused-ring (bicyclic) bond motifs is 1. The van der Waals surface area contributed by atoms with Crippen LogP contribution in [0.15, 0.2) is 72.8 Å². The molecule has 2 N–H and O–H groups in total. The summed E-state index contributed by atoms with van der Waals surface area (Å²) in [5.74, 6) is 0.255. The number of likely N-dealkylation sites (tertiary alicyclic amines) is 1. The minimum atomic E-state index is -0.744. The zero-order valence-electron chi connectivity index (χ0n) is 21.9. The zero-order valence-corrected chi connectivity index (χ0v) is 21.9. The topological polar surface area (TPSA) is 69.6 Å². The fourth-order valence-corrected chi connectivity index (χ4v) is 5.73. The molecule has 0 aromatic heterocycles. The Kier molecular flexibility index (Phi) is 9.72. The summed E-state index contributed by atoms with van der Waals surface area (Å²) in [6.45, 7) is 4.65. The second-order valence-electron chi connectivity index (χ2n) is 10.4. The van der Waals surface area contributed by atoms with Crippen LogP contribution in [-0.4, -0.2) is 41.5 Å². The van der Waals surface area contributed by atoms with Gasteiger partial charge in [-0.3, -0.25) is 9.59 Å². The summed E-state index contributed by atoms with van der Waals surface area (Å²) < 4.78 is 0. The van der Waals surface area contributed by atoms with Gasteiger partial charge >= 0.3 is 5.97 Å². The minimum absolute atomic E-state index is 0.208. The summed E-state index contributed by atoms with van der Waals surface area (Å²) in [7, 11) is 0. The minimum Gasteiger partial charge on any atom is -0.481 e. The van der Waals surface area contributed by atoms with Crippen LogP contribution in [-0.2, 0) is 9.59 Å². The molecule has 4 rings (SSSR count). The first kappa shape index (κ1) is 26.9. The molecule has 2 unspecified atom stereocenters. The van der Waals surface area contributed by atoms with E-state index in [9.17, 15) is 9.59 Å². The molecule has 1 aliphatic rings. The number of piperidine rings is 1. The van der Waals surface area contributed by atoms with Crippen molar-refractivity contribution in [1.82, 2.24) is 10.2 Å². The Morgan fingerprint density at radius 1 is 0.919 bits per heavy atom. The fraction of sp³-hybridized carbons (Fsp3) is 0.438. The molecule has 1 saturated heterocycles. The number of nitrogens with zero attached hydrogens (tertiary/aromatic N) is 1. The van der Waals surface area contributed by atoms with Crippen LogP contribution in [0.3, 0.4) is 0 Å². The van der Waals surface area contributed by atoms with E-state index < -0.39 is 5.97 Å². The van der Waals surface area contributed by atoms with Gasteiger partial charge in [-0.25, -0.2) is 0 Å². The molecule has 0 bridgehead atoms. The number of unbranched alkanes of at least 4 members (excludes halogenated alkanes) is 3. The van der Waals surface area contributed by atoms with E-state index in [0.717, 1.165) is 45.3 Å². The van der Waals surface area contributed by atoms with Gasteiger partial charge in [0.1, 0.15) is 0 Å². The summed E-state index contributed by atoms with van der Waals surface area (Å²) in [5.41, 5.74) is 2.67. The molecule has 1 heterocycles. The van der Waals surface area contributed by atoms with Crippen molar-refractivity contribution in [3.05, 3.63) is 83.9 Å². The molecule has 37 heavy (non-hydrogen) atoms. The lowest BCUT2D eigenvalue weighted by Crippen LogP contribution is -2.46. The molecule has 0 spiro atoms. The molecular weight excluding hydrogens is 460 g/mol. The van der Waals surface area contributed by atoms with Gasteiger partial charge in [-0.15, -0.1) is 0 Å². The van der Waals surface area contributed by atoms with Gasteiger partial charge < -0.3 is 15.3 Å². The lowest BCUT2D eigenvalue weighted by atomic mass is 9.80. The van der Waals surface area contributed by atoms with Crippen molar-refractivity contribution < 1.29 is 14.7 Å². The summed E-state index contributed by atoms with van der Waals surface area (Å²) in [6, 6.07) is 26.0. The maximum atomic E-state index is 13.0. The molecule has 3 atom stereocenters. The van der Waals surface area contributed by atoms with Crippen molar-refractivity contribution >= 4 is 22.6 Å². The predicted molar refractivity (Wildman–Crippen MR) is 150 cm³/mol. The van der Waals surface area contributed by atoms with Gasteiger partial charge in [-0.05, 0) is 59.9 Å². The highest BCUT2D eigenvalue weighted by Crippen LogP contribution is 2.34. The molecule has 0 aliphatic carbocycles. The number of carboxylic acids is 1. The van der Waals surface area contributed by atoms with Gasteiger partial charge in [0.15, 0.2) is 0 Å². The van der Waals surface area contributed by atoms with Crippen molar-refractivity contribution in [3.8, 4) is 0 Å². The Hall–Kier alpha value is -3.18. The van der Waals surface area contributed by atoms with Gasteiger partial charge in [0.2, 0.25) is 5.91 Å². The summed E-state index contributed by atoms with van der Waals surface area (Å²) in [6.07, 6.45) is 5.04. The number of carbonyl (C=O) groups excluding carboxylic acids is 1. The van der Waals surface area contributed by atoms with Gasteiger partial charge in [0, 0.05) is 38.5 Å². The molecule has 0 radical (unpaired) electrons. The van der Waals surface area contributed by atoms with Crippen LogP contribution in [0.5, 0.6) is 0 Å². The van der Waals surface area contributed by atoms with Crippen LogP contribution in [0.25, 0.3) is 10.8 Å². The molecule has 196 valence electrons. The monoisotopic (exact) mass is 500 g/mol. The third-order valence-electron chi connectivity index (χ3n) is 7.82. The fourth-order valence-electron chi connectivity index (χ4n) is 5.73. The number of nitrogens with one attached hydrogen (secondary N) is 1. The maximum Gasteiger partial charge on any atom is 0.303 e. The maximum absolute atomic E-state index is 13.0. The number of amides is 1. The van der Waals surface area contributed by atoms with E-state index in [1.54, 1.807) is 0 Å². The number of carbonyl (C=O) groups is 2. The van der Waals surface area contributed by atoms with E-state index in [0.29, 0.717) is 24.7 Å². The highest BCUT2D eigenvalue weighted by molar-refractivity contribution is 5.86. The third kappa shape index (κ3) is 7.42. The summed E-state index contributed by atoms with van der Waals surface area (Å²) >= 11 is 0. The Balaban J connectivity index is 1.38. The number of aliphatic carboxylic acids is 1. The highest BCUT2D eigenvalue weighted by Gasteiger charge is 2.32. The van der Waals surface area contributed by atoms with Crippen molar-refractivity contribution in [2.75, 3.05) is 19.6 Å². The lowest BCUT2D eigenvalue weighted by molar-refractivity contribution is -0.137. The van der Waals surface area contributed by atoms with E-state index in [2.05, 4.69) is 89.9 Å². The molecule has 5 heteroatoms. The Morgan fingerprint density at radius 2 is 1.62 bits per heavy atom. The average Bonchev–Trinajstić information content (AvgIpc) is 2.93. The standard InChI is InChI=1S/C32H40N2O3/c1-24(28-17-11-15-26-14-9-10-16-30(26)28)33-22-27-23-34(21-20-29(27)25-12-5-4-6-13-25)31(35)18-7-2-3-8-19-32(36)37/h4-6,9-17,24,27,29,33H,2-3,7-8,18-23H2,1H3,(H,36,37)/t24-,27?,29?/m1/s1. The first-order valence-corrected chi connectivity index (χ1v) is 13.8.